The molecule has 0 aliphatic carbocycles. The van der Waals surface area contributed by atoms with Gasteiger partial charge in [-0.15, -0.1) is 11.3 Å². The fourth-order valence-electron chi connectivity index (χ4n) is 3.49. The van der Waals surface area contributed by atoms with Gasteiger partial charge in [0.1, 0.15) is 17.4 Å². The van der Waals surface area contributed by atoms with Crippen LogP contribution in [0.2, 0.25) is 0 Å². The van der Waals surface area contributed by atoms with Crippen LogP contribution in [0.15, 0.2) is 30.5 Å². The van der Waals surface area contributed by atoms with Gasteiger partial charge in [-0.3, -0.25) is 4.79 Å². The molecule has 1 aromatic carbocycles. The summed E-state index contributed by atoms with van der Waals surface area (Å²) in [7, 11) is 1.55. The minimum atomic E-state index is -0.539. The van der Waals surface area contributed by atoms with Crippen molar-refractivity contribution in [1.29, 1.82) is 0 Å². The van der Waals surface area contributed by atoms with Crippen molar-refractivity contribution in [2.75, 3.05) is 25.5 Å². The van der Waals surface area contributed by atoms with Crippen LogP contribution in [0.5, 0.6) is 5.75 Å². The van der Waals surface area contributed by atoms with Crippen molar-refractivity contribution in [2.24, 2.45) is 5.73 Å². The monoisotopic (exact) mass is 400 g/mol. The summed E-state index contributed by atoms with van der Waals surface area (Å²) in [5.74, 6) is 0.371. The number of aromatic nitrogens is 1. The molecule has 28 heavy (non-hydrogen) atoms. The molecule has 1 aliphatic rings. The highest BCUT2D eigenvalue weighted by atomic mass is 32.1. The second-order valence-electron chi connectivity index (χ2n) is 6.77. The fraction of sp³-hybridized carbons (Fsp3) is 0.300. The number of fused-ring (bicyclic) bond motifs is 1. The number of hydrogen-bond acceptors (Lipinski definition) is 6. The Balaban J connectivity index is 1.84. The Morgan fingerprint density at radius 1 is 1.43 bits per heavy atom. The normalized spacial score (nSPS) is 16.9. The Hall–Kier alpha value is -2.71. The van der Waals surface area contributed by atoms with Crippen LogP contribution in [0.25, 0.3) is 20.5 Å². The van der Waals surface area contributed by atoms with E-state index in [1.807, 2.05) is 6.07 Å². The Labute approximate surface area is 165 Å². The van der Waals surface area contributed by atoms with E-state index in [0.29, 0.717) is 22.7 Å². The smallest absolute Gasteiger partial charge is 0.251 e. The van der Waals surface area contributed by atoms with Gasteiger partial charge in [0.15, 0.2) is 0 Å². The number of nitrogens with two attached hydrogens (primary N) is 1. The molecule has 3 heterocycles. The first-order valence-corrected chi connectivity index (χ1v) is 9.92. The number of pyridine rings is 1. The molecule has 1 fully saturated rings. The van der Waals surface area contributed by atoms with Crippen LogP contribution in [0, 0.1) is 5.82 Å². The molecule has 0 bridgehead atoms. The molecule has 0 spiro atoms. The summed E-state index contributed by atoms with van der Waals surface area (Å²) in [6, 6.07) is 6.55. The van der Waals surface area contributed by atoms with E-state index < -0.39 is 5.91 Å². The number of benzene rings is 1. The molecule has 1 amide bonds. The van der Waals surface area contributed by atoms with E-state index in [2.05, 4.69) is 15.6 Å². The lowest BCUT2D eigenvalue weighted by Gasteiger charge is -2.24. The van der Waals surface area contributed by atoms with Crippen molar-refractivity contribution in [2.45, 2.75) is 18.9 Å². The van der Waals surface area contributed by atoms with Crippen LogP contribution in [-0.2, 0) is 0 Å². The molecule has 146 valence electrons. The Bertz CT molecular complexity index is 1030. The Morgan fingerprint density at radius 3 is 3.00 bits per heavy atom. The van der Waals surface area contributed by atoms with Crippen molar-refractivity contribution >= 4 is 33.1 Å². The third kappa shape index (κ3) is 3.53. The van der Waals surface area contributed by atoms with Crippen molar-refractivity contribution < 1.29 is 13.9 Å². The largest absolute Gasteiger partial charge is 0.496 e. The highest BCUT2D eigenvalue weighted by molar-refractivity contribution is 7.22. The van der Waals surface area contributed by atoms with Gasteiger partial charge in [-0.25, -0.2) is 9.37 Å². The maximum absolute atomic E-state index is 13.9. The molecule has 6 nitrogen and oxygen atoms in total. The third-order valence-corrected chi connectivity index (χ3v) is 6.09. The molecular weight excluding hydrogens is 379 g/mol. The number of piperidine rings is 1. The Kier molecular flexibility index (Phi) is 5.15. The molecule has 0 radical (unpaired) electrons. The predicted molar refractivity (Wildman–Crippen MR) is 110 cm³/mol. The number of ether oxygens (including phenoxy) is 1. The zero-order valence-corrected chi connectivity index (χ0v) is 16.2. The lowest BCUT2D eigenvalue weighted by Crippen LogP contribution is -2.38. The van der Waals surface area contributed by atoms with Crippen LogP contribution in [0.1, 0.15) is 23.2 Å². The molecule has 4 N–H and O–H groups in total. The lowest BCUT2D eigenvalue weighted by molar-refractivity contribution is 0.100. The van der Waals surface area contributed by atoms with E-state index in [4.69, 9.17) is 10.5 Å². The summed E-state index contributed by atoms with van der Waals surface area (Å²) in [6.07, 6.45) is 3.64. The highest BCUT2D eigenvalue weighted by Crippen LogP contribution is 2.41. The standard InChI is InChI=1S/C20H21FN4O2S/c1-27-16-5-4-11(21)7-13(16)17-8-14-18(28-17)15(19(22)26)10-24-20(14)25-12-3-2-6-23-9-12/h4-5,7-8,10,12,23H,2-3,6,9H2,1H3,(H2,22,26)(H,24,25)/t12-/m0/s1. The molecule has 1 saturated heterocycles. The molecule has 0 unspecified atom stereocenters. The number of amides is 1. The van der Waals surface area contributed by atoms with E-state index in [1.54, 1.807) is 13.2 Å². The van der Waals surface area contributed by atoms with Crippen molar-refractivity contribution in [1.82, 2.24) is 10.3 Å². The quantitative estimate of drug-likeness (QED) is 0.611. The first-order chi connectivity index (χ1) is 13.6. The topological polar surface area (TPSA) is 89.3 Å². The average molecular weight is 400 g/mol. The first kappa shape index (κ1) is 18.6. The second kappa shape index (κ2) is 7.73. The zero-order chi connectivity index (χ0) is 19.7. The number of carbonyl (C=O) groups is 1. The first-order valence-electron chi connectivity index (χ1n) is 9.10. The zero-order valence-electron chi connectivity index (χ0n) is 15.4. The van der Waals surface area contributed by atoms with Gasteiger partial charge in [-0.1, -0.05) is 0 Å². The van der Waals surface area contributed by atoms with Crippen LogP contribution in [0.4, 0.5) is 10.2 Å². The molecule has 3 aromatic rings. The fourth-order valence-corrected chi connectivity index (χ4v) is 4.68. The van der Waals surface area contributed by atoms with Crippen LogP contribution in [-0.4, -0.2) is 37.1 Å². The summed E-state index contributed by atoms with van der Waals surface area (Å²) < 4.78 is 20.0. The van der Waals surface area contributed by atoms with Gasteiger partial charge in [0, 0.05) is 34.6 Å². The lowest BCUT2D eigenvalue weighted by atomic mass is 10.1. The highest BCUT2D eigenvalue weighted by Gasteiger charge is 2.20. The maximum atomic E-state index is 13.9. The number of nitrogens with one attached hydrogen (secondary N) is 2. The second-order valence-corrected chi connectivity index (χ2v) is 7.82. The number of thiophene rings is 1. The van der Waals surface area contributed by atoms with E-state index in [0.717, 1.165) is 40.9 Å². The summed E-state index contributed by atoms with van der Waals surface area (Å²) in [6.45, 7) is 1.87. The number of methoxy groups -OCH3 is 1. The van der Waals surface area contributed by atoms with Crippen LogP contribution in [0.3, 0.4) is 0 Å². The van der Waals surface area contributed by atoms with Crippen LogP contribution >= 0.6 is 11.3 Å². The van der Waals surface area contributed by atoms with Gasteiger partial charge in [-0.05, 0) is 43.7 Å². The molecule has 8 heteroatoms. The van der Waals surface area contributed by atoms with Crippen LogP contribution < -0.4 is 21.1 Å². The van der Waals surface area contributed by atoms with Gasteiger partial charge in [0.2, 0.25) is 0 Å². The van der Waals surface area contributed by atoms with Crippen molar-refractivity contribution in [3.8, 4) is 16.2 Å². The molecule has 2 aromatic heterocycles. The molecule has 1 aliphatic heterocycles. The summed E-state index contributed by atoms with van der Waals surface area (Å²) in [5.41, 5.74) is 6.54. The summed E-state index contributed by atoms with van der Waals surface area (Å²) in [4.78, 5) is 17.1. The summed E-state index contributed by atoms with van der Waals surface area (Å²) in [5, 5.41) is 7.63. The van der Waals surface area contributed by atoms with E-state index in [9.17, 15) is 9.18 Å². The summed E-state index contributed by atoms with van der Waals surface area (Å²) >= 11 is 1.38. The number of halogens is 1. The van der Waals surface area contributed by atoms with Crippen molar-refractivity contribution in [3.05, 3.63) is 41.8 Å². The minimum Gasteiger partial charge on any atom is -0.496 e. The number of carbonyl (C=O) groups excluding carboxylic acids is 1. The van der Waals surface area contributed by atoms with Gasteiger partial charge in [0.25, 0.3) is 5.91 Å². The van der Waals surface area contributed by atoms with Gasteiger partial charge in [-0.2, -0.15) is 0 Å². The minimum absolute atomic E-state index is 0.260. The maximum Gasteiger partial charge on any atom is 0.251 e. The van der Waals surface area contributed by atoms with E-state index >= 15 is 0 Å². The number of hydrogen-bond donors (Lipinski definition) is 3. The molecular formula is C20H21FN4O2S. The van der Waals surface area contributed by atoms with E-state index in [1.165, 1.54) is 29.7 Å². The van der Waals surface area contributed by atoms with E-state index in [-0.39, 0.29) is 11.9 Å². The average Bonchev–Trinajstić information content (AvgIpc) is 3.14. The molecule has 1 atom stereocenters. The Morgan fingerprint density at radius 2 is 2.29 bits per heavy atom. The molecule has 0 saturated carbocycles. The number of rotatable bonds is 5. The number of anilines is 1. The number of nitrogens with zero attached hydrogens (tertiary/aromatic N) is 1. The number of primary amides is 1. The van der Waals surface area contributed by atoms with Gasteiger partial charge in [0.05, 0.1) is 17.4 Å². The van der Waals surface area contributed by atoms with Crippen molar-refractivity contribution in [3.63, 3.8) is 0 Å². The SMILES string of the molecule is COc1ccc(F)cc1-c1cc2c(N[C@H]3CCCNC3)ncc(C(N)=O)c2s1. The predicted octanol–water partition coefficient (Wildman–Crippen LogP) is 3.37. The van der Waals surface area contributed by atoms with Gasteiger partial charge < -0.3 is 21.1 Å². The third-order valence-electron chi connectivity index (χ3n) is 4.88. The van der Waals surface area contributed by atoms with Gasteiger partial charge >= 0.3 is 0 Å². The molecule has 4 rings (SSSR count).